The van der Waals surface area contributed by atoms with Gasteiger partial charge >= 0.3 is 6.18 Å². The van der Waals surface area contributed by atoms with Crippen molar-refractivity contribution >= 4 is 16.8 Å². The van der Waals surface area contributed by atoms with Gasteiger partial charge in [-0.3, -0.25) is 9.36 Å². The van der Waals surface area contributed by atoms with Crippen molar-refractivity contribution < 1.29 is 18.0 Å². The molecule has 0 fully saturated rings. The zero-order valence-electron chi connectivity index (χ0n) is 14.6. The summed E-state index contributed by atoms with van der Waals surface area (Å²) in [6.45, 7) is 1.93. The molecule has 4 rings (SSSR count). The number of carbonyl (C=O) groups is 1. The highest BCUT2D eigenvalue weighted by molar-refractivity contribution is 6.16. The monoisotopic (exact) mass is 358 g/mol. The van der Waals surface area contributed by atoms with E-state index in [0.717, 1.165) is 11.6 Å². The molecule has 1 unspecified atom stereocenters. The van der Waals surface area contributed by atoms with E-state index < -0.39 is 17.6 Å². The van der Waals surface area contributed by atoms with Gasteiger partial charge in [-0.25, -0.2) is 0 Å². The van der Waals surface area contributed by atoms with Crippen LogP contribution in [0.1, 0.15) is 34.5 Å². The Kier molecular flexibility index (Phi) is 3.53. The summed E-state index contributed by atoms with van der Waals surface area (Å²) < 4.78 is 42.3. The fraction of sp³-hybridized carbons (Fsp3) is 0.250. The van der Waals surface area contributed by atoms with E-state index >= 15 is 0 Å². The molecule has 0 saturated heterocycles. The largest absolute Gasteiger partial charge is 0.418 e. The molecule has 0 N–H and O–H groups in total. The van der Waals surface area contributed by atoms with Gasteiger partial charge in [-0.2, -0.15) is 13.2 Å². The van der Waals surface area contributed by atoms with Crippen LogP contribution >= 0.6 is 0 Å². The zero-order chi connectivity index (χ0) is 18.8. The number of fused-ring (bicyclic) bond motifs is 5. The molecular weight excluding hydrogens is 341 g/mol. The summed E-state index contributed by atoms with van der Waals surface area (Å²) >= 11 is 0. The van der Waals surface area contributed by atoms with E-state index in [4.69, 9.17) is 0 Å². The maximum absolute atomic E-state index is 13.7. The number of alkyl halides is 3. The van der Waals surface area contributed by atoms with E-state index in [1.165, 1.54) is 10.6 Å². The van der Waals surface area contributed by atoms with Gasteiger partial charge in [0.25, 0.3) is 5.91 Å². The molecule has 26 heavy (non-hydrogen) atoms. The Morgan fingerprint density at radius 2 is 1.65 bits per heavy atom. The van der Waals surface area contributed by atoms with Crippen LogP contribution in [0.3, 0.4) is 0 Å². The van der Waals surface area contributed by atoms with Gasteiger partial charge in [-0.1, -0.05) is 30.3 Å². The average molecular weight is 358 g/mol. The highest BCUT2D eigenvalue weighted by Gasteiger charge is 2.40. The van der Waals surface area contributed by atoms with E-state index in [9.17, 15) is 18.0 Å². The van der Waals surface area contributed by atoms with Gasteiger partial charge in [0, 0.05) is 28.1 Å². The molecule has 0 aliphatic carbocycles. The maximum Gasteiger partial charge on any atom is 0.418 e. The number of carbonyl (C=O) groups excluding carboxylic acids is 1. The van der Waals surface area contributed by atoms with E-state index in [1.54, 1.807) is 30.3 Å². The quantitative estimate of drug-likeness (QED) is 0.506. The van der Waals surface area contributed by atoms with E-state index in [0.29, 0.717) is 22.2 Å². The minimum absolute atomic E-state index is 0.0556. The molecule has 6 heteroatoms. The third-order valence-corrected chi connectivity index (χ3v) is 5.14. The first-order chi connectivity index (χ1) is 12.2. The molecule has 1 aliphatic heterocycles. The van der Waals surface area contributed by atoms with Crippen LogP contribution in [0, 0.1) is 0 Å². The Bertz CT molecular complexity index is 1050. The van der Waals surface area contributed by atoms with Crippen LogP contribution in [0.25, 0.3) is 22.2 Å². The molecule has 134 valence electrons. The van der Waals surface area contributed by atoms with Crippen molar-refractivity contribution in [1.82, 2.24) is 9.47 Å². The molecule has 1 aromatic heterocycles. The summed E-state index contributed by atoms with van der Waals surface area (Å²) in [5, 5.41) is 0.471. The van der Waals surface area contributed by atoms with Gasteiger partial charge in [0.05, 0.1) is 16.8 Å². The van der Waals surface area contributed by atoms with E-state index in [2.05, 4.69) is 0 Å². The minimum atomic E-state index is -4.54. The summed E-state index contributed by atoms with van der Waals surface area (Å²) in [5.41, 5.74) is 1.60. The number of benzene rings is 2. The molecule has 3 nitrogen and oxygen atoms in total. The summed E-state index contributed by atoms with van der Waals surface area (Å²) in [4.78, 5) is 14.9. The highest BCUT2D eigenvalue weighted by Crippen LogP contribution is 2.47. The Hall–Kier alpha value is -2.60. The van der Waals surface area contributed by atoms with Crippen molar-refractivity contribution in [3.63, 3.8) is 0 Å². The van der Waals surface area contributed by atoms with Crippen LogP contribution in [0.15, 0.2) is 42.5 Å². The number of hydrogen-bond acceptors (Lipinski definition) is 2. The predicted octanol–water partition coefficient (Wildman–Crippen LogP) is 4.95. The molecule has 0 amide bonds. The summed E-state index contributed by atoms with van der Waals surface area (Å²) in [6.07, 6.45) is -4.54. The lowest BCUT2D eigenvalue weighted by Gasteiger charge is -2.21. The molecular formula is C20H17F3N2O. The lowest BCUT2D eigenvalue weighted by atomic mass is 9.96. The highest BCUT2D eigenvalue weighted by atomic mass is 19.4. The fourth-order valence-electron chi connectivity index (χ4n) is 3.74. The second-order valence-corrected chi connectivity index (χ2v) is 6.79. The summed E-state index contributed by atoms with van der Waals surface area (Å²) in [6, 6.07) is 10.9. The molecule has 0 radical (unpaired) electrons. The predicted molar refractivity (Wildman–Crippen MR) is 94.2 cm³/mol. The Balaban J connectivity index is 2.21. The normalized spacial score (nSPS) is 14.8. The molecule has 2 heterocycles. The number of rotatable bonds is 2. The summed E-state index contributed by atoms with van der Waals surface area (Å²) in [7, 11) is 3.74. The van der Waals surface area contributed by atoms with Crippen molar-refractivity contribution in [3.8, 4) is 11.3 Å². The van der Waals surface area contributed by atoms with Crippen LogP contribution in [0.2, 0.25) is 0 Å². The van der Waals surface area contributed by atoms with Crippen LogP contribution in [-0.4, -0.2) is 29.5 Å². The van der Waals surface area contributed by atoms with Crippen LogP contribution in [-0.2, 0) is 6.18 Å². The zero-order valence-corrected chi connectivity index (χ0v) is 14.6. The lowest BCUT2D eigenvalue weighted by molar-refractivity contribution is -0.136. The third-order valence-electron chi connectivity index (χ3n) is 5.14. The van der Waals surface area contributed by atoms with Gasteiger partial charge in [0.2, 0.25) is 0 Å². The second-order valence-electron chi connectivity index (χ2n) is 6.79. The SMILES string of the molecule is CC(c1c2n(c3c(C(F)(F)F)cccc13)C(=O)c1ccccc1-2)N(C)C. The molecule has 3 aromatic rings. The lowest BCUT2D eigenvalue weighted by Crippen LogP contribution is -2.17. The first kappa shape index (κ1) is 16.8. The molecule has 0 bridgehead atoms. The number of nitrogens with zero attached hydrogens (tertiary/aromatic N) is 2. The maximum atomic E-state index is 13.7. The Morgan fingerprint density at radius 1 is 1.00 bits per heavy atom. The number of hydrogen-bond donors (Lipinski definition) is 0. The van der Waals surface area contributed by atoms with Crippen LogP contribution in [0.4, 0.5) is 13.2 Å². The summed E-state index contributed by atoms with van der Waals surface area (Å²) in [5.74, 6) is -0.408. The minimum Gasteiger partial charge on any atom is -0.303 e. The first-order valence-corrected chi connectivity index (χ1v) is 8.28. The van der Waals surface area contributed by atoms with Crippen molar-refractivity contribution in [2.75, 3.05) is 14.1 Å². The second kappa shape index (κ2) is 5.45. The van der Waals surface area contributed by atoms with Crippen molar-refractivity contribution in [2.24, 2.45) is 0 Å². The van der Waals surface area contributed by atoms with Crippen molar-refractivity contribution in [2.45, 2.75) is 19.1 Å². The average Bonchev–Trinajstić information content (AvgIpc) is 3.07. The van der Waals surface area contributed by atoms with Gasteiger partial charge in [0.15, 0.2) is 0 Å². The Labute approximate surface area is 148 Å². The molecule has 2 aromatic carbocycles. The van der Waals surface area contributed by atoms with Gasteiger partial charge in [-0.15, -0.1) is 0 Å². The van der Waals surface area contributed by atoms with Gasteiger partial charge in [0.1, 0.15) is 0 Å². The standard InChI is InChI=1S/C20H17F3N2O/c1-11(24(2)3)16-14-9-6-10-15(20(21,22)23)17(14)25-18(16)12-7-4-5-8-13(12)19(25)26/h4-11H,1-3H3. The topological polar surface area (TPSA) is 25.2 Å². The van der Waals surface area contributed by atoms with Crippen LogP contribution in [0.5, 0.6) is 0 Å². The number of aromatic nitrogens is 1. The smallest absolute Gasteiger partial charge is 0.303 e. The van der Waals surface area contributed by atoms with E-state index in [1.807, 2.05) is 25.9 Å². The van der Waals surface area contributed by atoms with Gasteiger partial charge in [-0.05, 0) is 33.2 Å². The first-order valence-electron chi connectivity index (χ1n) is 8.28. The molecule has 0 saturated carbocycles. The molecule has 0 spiro atoms. The van der Waals surface area contributed by atoms with E-state index in [-0.39, 0.29) is 11.6 Å². The molecule has 1 aliphatic rings. The number of para-hydroxylation sites is 1. The number of halogens is 3. The van der Waals surface area contributed by atoms with Gasteiger partial charge < -0.3 is 4.90 Å². The third kappa shape index (κ3) is 2.15. The van der Waals surface area contributed by atoms with Crippen molar-refractivity contribution in [1.29, 1.82) is 0 Å². The fourth-order valence-corrected chi connectivity index (χ4v) is 3.74. The molecule has 1 atom stereocenters. The van der Waals surface area contributed by atoms with Crippen LogP contribution < -0.4 is 0 Å². The van der Waals surface area contributed by atoms with Crippen molar-refractivity contribution in [3.05, 3.63) is 59.2 Å². The Morgan fingerprint density at radius 3 is 2.27 bits per heavy atom.